The molecule has 3 aromatic rings. The highest BCUT2D eigenvalue weighted by molar-refractivity contribution is 5.70. The van der Waals surface area contributed by atoms with Gasteiger partial charge in [-0.2, -0.15) is 20.1 Å². The highest BCUT2D eigenvalue weighted by Gasteiger charge is 2.21. The van der Waals surface area contributed by atoms with Gasteiger partial charge in [-0.3, -0.25) is 4.79 Å². The van der Waals surface area contributed by atoms with Crippen LogP contribution < -0.4 is 5.56 Å². The molecule has 0 N–H and O–H groups in total. The Labute approximate surface area is 138 Å². The van der Waals surface area contributed by atoms with E-state index in [1.165, 1.54) is 10.7 Å². The molecule has 0 atom stereocenters. The molecule has 0 spiro atoms. The maximum atomic E-state index is 12.9. The molecule has 2 heterocycles. The first-order valence-electron chi connectivity index (χ1n) is 7.50. The van der Waals surface area contributed by atoms with E-state index in [1.807, 2.05) is 37.6 Å². The molecule has 0 radical (unpaired) electrons. The van der Waals surface area contributed by atoms with Crippen LogP contribution in [-0.2, 0) is 7.05 Å². The van der Waals surface area contributed by atoms with Crippen molar-refractivity contribution in [3.63, 3.8) is 0 Å². The van der Waals surface area contributed by atoms with Crippen LogP contribution in [-0.4, -0.2) is 14.2 Å². The van der Waals surface area contributed by atoms with E-state index in [0.717, 1.165) is 11.3 Å². The van der Waals surface area contributed by atoms with E-state index >= 15 is 0 Å². The number of nitrogens with zero attached hydrogens (tertiary/aromatic N) is 5. The first kappa shape index (κ1) is 15.5. The zero-order valence-corrected chi connectivity index (χ0v) is 13.6. The summed E-state index contributed by atoms with van der Waals surface area (Å²) >= 11 is 0. The van der Waals surface area contributed by atoms with E-state index in [9.17, 15) is 10.1 Å². The van der Waals surface area contributed by atoms with Gasteiger partial charge in [-0.15, -0.1) is 0 Å². The van der Waals surface area contributed by atoms with Crippen molar-refractivity contribution >= 4 is 5.65 Å². The van der Waals surface area contributed by atoms with Crippen molar-refractivity contribution in [1.29, 1.82) is 10.5 Å². The van der Waals surface area contributed by atoms with Crippen LogP contribution in [0.25, 0.3) is 16.9 Å². The molecule has 6 nitrogen and oxygen atoms in total. The van der Waals surface area contributed by atoms with Crippen LogP contribution >= 0.6 is 0 Å². The SMILES string of the molecule is CC(C)c1c(-c2ccc(C#N)cc2)n(C)c2c(C#N)cnn2c1=O. The predicted octanol–water partition coefficient (Wildman–Crippen LogP) is 2.57. The van der Waals surface area contributed by atoms with Crippen LogP contribution in [0.4, 0.5) is 0 Å². The Morgan fingerprint density at radius 3 is 2.33 bits per heavy atom. The summed E-state index contributed by atoms with van der Waals surface area (Å²) in [5.41, 5.74) is 3.33. The van der Waals surface area contributed by atoms with Crippen molar-refractivity contribution < 1.29 is 0 Å². The molecule has 0 bridgehead atoms. The van der Waals surface area contributed by atoms with E-state index in [-0.39, 0.29) is 11.5 Å². The molecule has 0 saturated carbocycles. The molecule has 3 rings (SSSR count). The zero-order chi connectivity index (χ0) is 17.4. The Bertz CT molecular complexity index is 1070. The summed E-state index contributed by atoms with van der Waals surface area (Å²) in [6, 6.07) is 11.2. The summed E-state index contributed by atoms with van der Waals surface area (Å²) in [5, 5.41) is 22.3. The van der Waals surface area contributed by atoms with E-state index in [2.05, 4.69) is 17.2 Å². The molecule has 0 aliphatic carbocycles. The second-order valence-electron chi connectivity index (χ2n) is 5.88. The van der Waals surface area contributed by atoms with Crippen molar-refractivity contribution in [2.45, 2.75) is 19.8 Å². The maximum absolute atomic E-state index is 12.9. The number of hydrogen-bond donors (Lipinski definition) is 0. The molecular formula is C18H15N5O. The normalized spacial score (nSPS) is 10.8. The number of hydrogen-bond acceptors (Lipinski definition) is 4. The van der Waals surface area contributed by atoms with Gasteiger partial charge in [0.1, 0.15) is 11.6 Å². The van der Waals surface area contributed by atoms with Crippen molar-refractivity contribution in [2.75, 3.05) is 0 Å². The fraction of sp³-hybridized carbons (Fsp3) is 0.222. The third-order valence-corrected chi connectivity index (χ3v) is 4.06. The van der Waals surface area contributed by atoms with Crippen LogP contribution in [0.1, 0.15) is 36.5 Å². The maximum Gasteiger partial charge on any atom is 0.278 e. The quantitative estimate of drug-likeness (QED) is 0.727. The number of rotatable bonds is 2. The second kappa shape index (κ2) is 5.68. The van der Waals surface area contributed by atoms with Gasteiger partial charge in [0.05, 0.1) is 23.5 Å². The summed E-state index contributed by atoms with van der Waals surface area (Å²) in [6.07, 6.45) is 1.41. The zero-order valence-electron chi connectivity index (χ0n) is 13.6. The predicted molar refractivity (Wildman–Crippen MR) is 89.4 cm³/mol. The topological polar surface area (TPSA) is 86.9 Å². The van der Waals surface area contributed by atoms with Gasteiger partial charge < -0.3 is 4.57 Å². The van der Waals surface area contributed by atoms with Crippen LogP contribution in [0, 0.1) is 22.7 Å². The average Bonchev–Trinajstić information content (AvgIpc) is 3.02. The lowest BCUT2D eigenvalue weighted by atomic mass is 9.97. The Kier molecular flexibility index (Phi) is 3.67. The fourth-order valence-corrected chi connectivity index (χ4v) is 2.97. The van der Waals surface area contributed by atoms with E-state index < -0.39 is 0 Å². The standard InChI is InChI=1S/C18H15N5O/c1-11(2)15-16(13-6-4-12(8-19)5-7-13)22(3)17-14(9-20)10-21-23(17)18(15)24/h4-7,10-11H,1-3H3. The van der Waals surface area contributed by atoms with Crippen LogP contribution in [0.15, 0.2) is 35.3 Å². The van der Waals surface area contributed by atoms with Gasteiger partial charge in [0.25, 0.3) is 5.56 Å². The fourth-order valence-electron chi connectivity index (χ4n) is 2.97. The molecule has 1 aromatic carbocycles. The average molecular weight is 317 g/mol. The molecule has 0 aliphatic rings. The monoisotopic (exact) mass is 317 g/mol. The summed E-state index contributed by atoms with van der Waals surface area (Å²) in [5.74, 6) is -0.0199. The third-order valence-electron chi connectivity index (χ3n) is 4.06. The Morgan fingerprint density at radius 1 is 1.12 bits per heavy atom. The minimum absolute atomic E-state index is 0.0199. The summed E-state index contributed by atoms with van der Waals surface area (Å²) in [7, 11) is 1.82. The number of nitriles is 2. The van der Waals surface area contributed by atoms with Gasteiger partial charge in [0.2, 0.25) is 0 Å². The minimum atomic E-state index is -0.223. The Hall–Kier alpha value is -3.38. The van der Waals surface area contributed by atoms with E-state index in [0.29, 0.717) is 22.3 Å². The second-order valence-corrected chi connectivity index (χ2v) is 5.88. The molecule has 0 aliphatic heterocycles. The molecule has 24 heavy (non-hydrogen) atoms. The minimum Gasteiger partial charge on any atom is -0.327 e. The molecule has 0 unspecified atom stereocenters. The number of fused-ring (bicyclic) bond motifs is 1. The van der Waals surface area contributed by atoms with Crippen LogP contribution in [0.3, 0.4) is 0 Å². The van der Waals surface area contributed by atoms with Gasteiger partial charge >= 0.3 is 0 Å². The van der Waals surface area contributed by atoms with Gasteiger partial charge in [-0.25, -0.2) is 0 Å². The Morgan fingerprint density at radius 2 is 1.79 bits per heavy atom. The number of aryl methyl sites for hydroxylation is 1. The largest absolute Gasteiger partial charge is 0.327 e. The van der Waals surface area contributed by atoms with Gasteiger partial charge in [-0.1, -0.05) is 26.0 Å². The molecule has 6 heteroatoms. The molecule has 0 amide bonds. The van der Waals surface area contributed by atoms with Crippen LogP contribution in [0.2, 0.25) is 0 Å². The van der Waals surface area contributed by atoms with Crippen molar-refractivity contribution in [3.8, 4) is 23.4 Å². The lowest BCUT2D eigenvalue weighted by molar-refractivity contribution is 0.758. The Balaban J connectivity index is 2.47. The van der Waals surface area contributed by atoms with E-state index in [4.69, 9.17) is 5.26 Å². The highest BCUT2D eigenvalue weighted by atomic mass is 16.1. The lowest BCUT2D eigenvalue weighted by Crippen LogP contribution is -2.25. The van der Waals surface area contributed by atoms with Gasteiger partial charge in [0.15, 0.2) is 5.65 Å². The lowest BCUT2D eigenvalue weighted by Gasteiger charge is -2.18. The molecule has 0 saturated heterocycles. The smallest absolute Gasteiger partial charge is 0.278 e. The first-order valence-corrected chi connectivity index (χ1v) is 7.50. The van der Waals surface area contributed by atoms with Crippen molar-refractivity contribution in [2.24, 2.45) is 7.05 Å². The molecular weight excluding hydrogens is 302 g/mol. The summed E-state index contributed by atoms with van der Waals surface area (Å²) < 4.78 is 3.10. The molecule has 2 aromatic heterocycles. The molecule has 118 valence electrons. The summed E-state index contributed by atoms with van der Waals surface area (Å²) in [4.78, 5) is 12.9. The number of aromatic nitrogens is 3. The van der Waals surface area contributed by atoms with Crippen LogP contribution in [0.5, 0.6) is 0 Å². The first-order chi connectivity index (χ1) is 11.5. The summed E-state index contributed by atoms with van der Waals surface area (Å²) in [6.45, 7) is 3.90. The van der Waals surface area contributed by atoms with Crippen molar-refractivity contribution in [1.82, 2.24) is 14.2 Å². The van der Waals surface area contributed by atoms with Gasteiger partial charge in [-0.05, 0) is 23.6 Å². The third kappa shape index (κ3) is 2.17. The van der Waals surface area contributed by atoms with Crippen molar-refractivity contribution in [3.05, 3.63) is 57.5 Å². The molecule has 0 fully saturated rings. The van der Waals surface area contributed by atoms with E-state index in [1.54, 1.807) is 12.1 Å². The highest BCUT2D eigenvalue weighted by Crippen LogP contribution is 2.28. The number of benzene rings is 1. The van der Waals surface area contributed by atoms with Gasteiger partial charge in [0, 0.05) is 12.6 Å².